The Bertz CT molecular complexity index is 483. The largest absolute Gasteiger partial charge is 0.380 e. The van der Waals surface area contributed by atoms with Crippen molar-refractivity contribution >= 4 is 11.6 Å². The van der Waals surface area contributed by atoms with Gasteiger partial charge in [0.25, 0.3) is 0 Å². The van der Waals surface area contributed by atoms with Gasteiger partial charge in [-0.05, 0) is 11.6 Å². The van der Waals surface area contributed by atoms with E-state index in [2.05, 4.69) is 23.6 Å². The predicted octanol–water partition coefficient (Wildman–Crippen LogP) is 1.74. The van der Waals surface area contributed by atoms with E-state index in [0.717, 1.165) is 32.0 Å². The minimum Gasteiger partial charge on any atom is -0.380 e. The first kappa shape index (κ1) is 12.6. The molecule has 3 rings (SSSR count). The van der Waals surface area contributed by atoms with Gasteiger partial charge in [0.05, 0.1) is 13.2 Å². The third-order valence-corrected chi connectivity index (χ3v) is 3.95. The quantitative estimate of drug-likeness (QED) is 0.867. The molecule has 0 radical (unpaired) electrons. The summed E-state index contributed by atoms with van der Waals surface area (Å²) in [4.78, 5) is 11.7. The summed E-state index contributed by atoms with van der Waals surface area (Å²) in [7, 11) is 0. The van der Waals surface area contributed by atoms with E-state index in [4.69, 9.17) is 4.74 Å². The van der Waals surface area contributed by atoms with Gasteiger partial charge < -0.3 is 15.4 Å². The number of para-hydroxylation sites is 1. The molecule has 1 unspecified atom stereocenters. The fraction of sp³-hybridized carbons (Fsp3) is 0.533. The van der Waals surface area contributed by atoms with E-state index in [1.807, 2.05) is 18.2 Å². The molecule has 2 aliphatic heterocycles. The van der Waals surface area contributed by atoms with Crippen LogP contribution in [0.4, 0.5) is 5.69 Å². The van der Waals surface area contributed by atoms with Crippen LogP contribution in [0, 0.1) is 5.41 Å². The Morgan fingerprint density at radius 1 is 1.42 bits per heavy atom. The smallest absolute Gasteiger partial charge is 0.225 e. The lowest BCUT2D eigenvalue weighted by Gasteiger charge is -2.38. The fourth-order valence-electron chi connectivity index (χ4n) is 2.78. The van der Waals surface area contributed by atoms with E-state index in [1.165, 1.54) is 5.56 Å². The summed E-state index contributed by atoms with van der Waals surface area (Å²) in [6, 6.07) is 8.07. The van der Waals surface area contributed by atoms with Gasteiger partial charge in [-0.15, -0.1) is 0 Å². The van der Waals surface area contributed by atoms with Gasteiger partial charge in [0.1, 0.15) is 0 Å². The highest BCUT2D eigenvalue weighted by molar-refractivity contribution is 5.94. The van der Waals surface area contributed by atoms with Crippen molar-refractivity contribution in [3.05, 3.63) is 29.8 Å². The Kier molecular flexibility index (Phi) is 3.29. The van der Waals surface area contributed by atoms with Crippen LogP contribution in [0.15, 0.2) is 24.3 Å². The topological polar surface area (TPSA) is 50.4 Å². The van der Waals surface area contributed by atoms with Gasteiger partial charge in [0, 0.05) is 36.5 Å². The van der Waals surface area contributed by atoms with E-state index < -0.39 is 0 Å². The highest BCUT2D eigenvalue weighted by Crippen LogP contribution is 2.32. The molecule has 2 N–H and O–H groups in total. The zero-order chi connectivity index (χ0) is 13.3. The van der Waals surface area contributed by atoms with Crippen LogP contribution in [0.3, 0.4) is 0 Å². The zero-order valence-corrected chi connectivity index (χ0v) is 11.2. The van der Waals surface area contributed by atoms with E-state index in [0.29, 0.717) is 6.42 Å². The molecule has 2 heterocycles. The number of fused-ring (bicyclic) bond motifs is 1. The third kappa shape index (κ3) is 2.65. The lowest BCUT2D eigenvalue weighted by molar-refractivity contribution is -0.116. The molecule has 1 aromatic carbocycles. The second-order valence-electron chi connectivity index (χ2n) is 5.97. The normalized spacial score (nSPS) is 24.3. The molecular weight excluding hydrogens is 240 g/mol. The molecule has 1 amide bonds. The summed E-state index contributed by atoms with van der Waals surface area (Å²) in [5.74, 6) is 0.387. The molecule has 1 aromatic rings. The minimum absolute atomic E-state index is 0.115. The van der Waals surface area contributed by atoms with Crippen LogP contribution in [0.5, 0.6) is 0 Å². The number of hydrogen-bond acceptors (Lipinski definition) is 3. The summed E-state index contributed by atoms with van der Waals surface area (Å²) in [5.41, 5.74) is 2.48. The molecule has 0 saturated carbocycles. The summed E-state index contributed by atoms with van der Waals surface area (Å²) < 4.78 is 5.25. The summed E-state index contributed by atoms with van der Waals surface area (Å²) in [5, 5.41) is 6.43. The van der Waals surface area contributed by atoms with Crippen molar-refractivity contribution in [3.63, 3.8) is 0 Å². The van der Waals surface area contributed by atoms with E-state index in [9.17, 15) is 4.79 Å². The number of amides is 1. The van der Waals surface area contributed by atoms with Crippen LogP contribution >= 0.6 is 0 Å². The van der Waals surface area contributed by atoms with Crippen molar-refractivity contribution in [1.82, 2.24) is 5.32 Å². The van der Waals surface area contributed by atoms with Gasteiger partial charge >= 0.3 is 0 Å². The lowest BCUT2D eigenvalue weighted by Crippen LogP contribution is -2.48. The number of anilines is 1. The molecule has 4 nitrogen and oxygen atoms in total. The molecular formula is C15H20N2O2. The third-order valence-electron chi connectivity index (χ3n) is 3.95. The fourth-order valence-corrected chi connectivity index (χ4v) is 2.78. The summed E-state index contributed by atoms with van der Waals surface area (Å²) in [6.07, 6.45) is 0.567. The number of carbonyl (C=O) groups excluding carboxylic acids is 1. The van der Waals surface area contributed by atoms with Gasteiger partial charge in [0.2, 0.25) is 5.91 Å². The maximum Gasteiger partial charge on any atom is 0.225 e. The monoisotopic (exact) mass is 260 g/mol. The number of ether oxygens (including phenoxy) is 1. The van der Waals surface area contributed by atoms with Crippen molar-refractivity contribution in [2.24, 2.45) is 5.41 Å². The molecule has 1 saturated heterocycles. The molecule has 1 atom stereocenters. The maximum atomic E-state index is 11.7. The Labute approximate surface area is 113 Å². The molecule has 19 heavy (non-hydrogen) atoms. The van der Waals surface area contributed by atoms with Gasteiger partial charge in [0.15, 0.2) is 0 Å². The number of benzene rings is 1. The van der Waals surface area contributed by atoms with Crippen LogP contribution in [-0.2, 0) is 9.53 Å². The van der Waals surface area contributed by atoms with Crippen LogP contribution < -0.4 is 10.6 Å². The van der Waals surface area contributed by atoms with Gasteiger partial charge in [-0.3, -0.25) is 4.79 Å². The van der Waals surface area contributed by atoms with Gasteiger partial charge in [-0.1, -0.05) is 25.1 Å². The average molecular weight is 260 g/mol. The average Bonchev–Trinajstić information content (AvgIpc) is 2.36. The molecule has 4 heteroatoms. The van der Waals surface area contributed by atoms with Crippen molar-refractivity contribution in [2.75, 3.05) is 31.6 Å². The highest BCUT2D eigenvalue weighted by Gasteiger charge is 2.33. The summed E-state index contributed by atoms with van der Waals surface area (Å²) >= 11 is 0. The first-order valence-corrected chi connectivity index (χ1v) is 6.84. The maximum absolute atomic E-state index is 11.7. The first-order chi connectivity index (χ1) is 9.16. The SMILES string of the molecule is CC1(CNCC2CC(=O)Nc3ccccc32)COC1. The Balaban J connectivity index is 1.63. The van der Waals surface area contributed by atoms with Crippen molar-refractivity contribution in [1.29, 1.82) is 0 Å². The zero-order valence-electron chi connectivity index (χ0n) is 11.2. The lowest BCUT2D eigenvalue weighted by atomic mass is 9.87. The highest BCUT2D eigenvalue weighted by atomic mass is 16.5. The van der Waals surface area contributed by atoms with Gasteiger partial charge in [-0.25, -0.2) is 0 Å². The van der Waals surface area contributed by atoms with Crippen LogP contribution in [-0.4, -0.2) is 32.2 Å². The number of hydrogen-bond donors (Lipinski definition) is 2. The van der Waals surface area contributed by atoms with Crippen LogP contribution in [0.1, 0.15) is 24.8 Å². The standard InChI is InChI=1S/C15H20N2O2/c1-15(9-19-10-15)8-16-7-11-6-14(18)17-13-5-3-2-4-12(11)13/h2-5,11,16H,6-10H2,1H3,(H,17,18). The van der Waals surface area contributed by atoms with Crippen LogP contribution in [0.2, 0.25) is 0 Å². The molecule has 102 valence electrons. The molecule has 1 fully saturated rings. The molecule has 0 spiro atoms. The first-order valence-electron chi connectivity index (χ1n) is 6.84. The Morgan fingerprint density at radius 3 is 2.95 bits per heavy atom. The summed E-state index contributed by atoms with van der Waals surface area (Å²) in [6.45, 7) is 5.70. The molecule has 0 aromatic heterocycles. The van der Waals surface area contributed by atoms with E-state index in [1.54, 1.807) is 0 Å². The van der Waals surface area contributed by atoms with Crippen molar-refractivity contribution in [2.45, 2.75) is 19.3 Å². The molecule has 2 aliphatic rings. The second-order valence-corrected chi connectivity index (χ2v) is 5.97. The Morgan fingerprint density at radius 2 is 2.21 bits per heavy atom. The van der Waals surface area contributed by atoms with Crippen molar-refractivity contribution in [3.8, 4) is 0 Å². The minimum atomic E-state index is 0.115. The molecule has 0 aliphatic carbocycles. The van der Waals surface area contributed by atoms with Crippen LogP contribution in [0.25, 0.3) is 0 Å². The predicted molar refractivity (Wildman–Crippen MR) is 74.2 cm³/mol. The van der Waals surface area contributed by atoms with E-state index in [-0.39, 0.29) is 17.2 Å². The second kappa shape index (κ2) is 4.94. The van der Waals surface area contributed by atoms with Gasteiger partial charge in [-0.2, -0.15) is 0 Å². The van der Waals surface area contributed by atoms with Crippen molar-refractivity contribution < 1.29 is 9.53 Å². The number of nitrogens with one attached hydrogen (secondary N) is 2. The number of rotatable bonds is 4. The van der Waals surface area contributed by atoms with E-state index >= 15 is 0 Å². The molecule has 0 bridgehead atoms. The number of carbonyl (C=O) groups is 1. The Hall–Kier alpha value is -1.39.